The highest BCUT2D eigenvalue weighted by Gasteiger charge is 2.27. The minimum atomic E-state index is -3.48. The van der Waals surface area contributed by atoms with Crippen molar-refractivity contribution in [2.45, 2.75) is 56.5 Å². The summed E-state index contributed by atoms with van der Waals surface area (Å²) in [4.78, 5) is 25.0. The zero-order valence-corrected chi connectivity index (χ0v) is 17.0. The molecule has 2 aliphatic heterocycles. The number of aryl methyl sites for hydroxylation is 1. The van der Waals surface area contributed by atoms with E-state index in [-0.39, 0.29) is 23.0 Å². The molecule has 0 spiro atoms. The predicted molar refractivity (Wildman–Crippen MR) is 107 cm³/mol. The summed E-state index contributed by atoms with van der Waals surface area (Å²) in [5.74, 6) is 0.354. The lowest BCUT2D eigenvalue weighted by molar-refractivity contribution is -0.117. The number of carbonyl (C=O) groups excluding carboxylic acids is 1. The molecule has 2 aromatic rings. The van der Waals surface area contributed by atoms with E-state index in [1.54, 1.807) is 16.7 Å². The highest BCUT2D eigenvalue weighted by atomic mass is 32.2. The topological polar surface area (TPSA) is 106 Å². The zero-order chi connectivity index (χ0) is 20.4. The number of hydrogen-bond donors (Lipinski definition) is 1. The van der Waals surface area contributed by atoms with Crippen molar-refractivity contribution in [1.29, 1.82) is 0 Å². The second kappa shape index (κ2) is 8.11. The van der Waals surface area contributed by atoms with Gasteiger partial charge in [0.25, 0.3) is 0 Å². The summed E-state index contributed by atoms with van der Waals surface area (Å²) >= 11 is 0. The van der Waals surface area contributed by atoms with Gasteiger partial charge in [-0.1, -0.05) is 6.42 Å². The van der Waals surface area contributed by atoms with Crippen LogP contribution >= 0.6 is 0 Å². The molecular weight excluding hydrogens is 394 g/mol. The zero-order valence-electron chi connectivity index (χ0n) is 16.2. The number of nitrogens with zero attached hydrogens (tertiary/aromatic N) is 4. The number of anilines is 1. The van der Waals surface area contributed by atoms with Gasteiger partial charge in [0, 0.05) is 31.7 Å². The molecule has 0 atom stereocenters. The van der Waals surface area contributed by atoms with Crippen molar-refractivity contribution in [3.8, 4) is 0 Å². The van der Waals surface area contributed by atoms with Gasteiger partial charge in [-0.25, -0.2) is 17.9 Å². The molecule has 0 radical (unpaired) electrons. The van der Waals surface area contributed by atoms with Gasteiger partial charge in [0.15, 0.2) is 0 Å². The fraction of sp³-hybridized carbons (Fsp3) is 0.526. The third-order valence-corrected chi connectivity index (χ3v) is 7.33. The number of fused-ring (bicyclic) bond motifs is 1. The number of rotatable bonds is 5. The smallest absolute Gasteiger partial charge is 0.324 e. The van der Waals surface area contributed by atoms with Crippen molar-refractivity contribution in [3.63, 3.8) is 0 Å². The maximum Gasteiger partial charge on any atom is 0.346 e. The van der Waals surface area contributed by atoms with Crippen LogP contribution in [0.5, 0.6) is 0 Å². The van der Waals surface area contributed by atoms with Gasteiger partial charge >= 0.3 is 5.69 Å². The molecule has 156 valence electrons. The number of benzene rings is 1. The second-order valence-corrected chi connectivity index (χ2v) is 9.44. The van der Waals surface area contributed by atoms with E-state index in [0.717, 1.165) is 44.3 Å². The largest absolute Gasteiger partial charge is 0.346 e. The number of nitrogens with one attached hydrogen (secondary N) is 1. The molecule has 3 heterocycles. The Morgan fingerprint density at radius 1 is 1.00 bits per heavy atom. The second-order valence-electron chi connectivity index (χ2n) is 7.50. The lowest BCUT2D eigenvalue weighted by Crippen LogP contribution is -2.30. The van der Waals surface area contributed by atoms with Crippen molar-refractivity contribution in [3.05, 3.63) is 40.6 Å². The Balaban J connectivity index is 1.42. The summed E-state index contributed by atoms with van der Waals surface area (Å²) in [6.07, 6.45) is 5.52. The van der Waals surface area contributed by atoms with Crippen LogP contribution in [0.15, 0.2) is 34.0 Å². The summed E-state index contributed by atoms with van der Waals surface area (Å²) in [5.41, 5.74) is 0.216. The normalized spacial score (nSPS) is 17.7. The minimum Gasteiger partial charge on any atom is -0.324 e. The molecule has 1 saturated heterocycles. The van der Waals surface area contributed by atoms with Crippen molar-refractivity contribution < 1.29 is 13.2 Å². The number of amides is 1. The number of sulfonamides is 1. The van der Waals surface area contributed by atoms with Gasteiger partial charge in [0.05, 0.1) is 4.90 Å². The Morgan fingerprint density at radius 2 is 1.69 bits per heavy atom. The van der Waals surface area contributed by atoms with Crippen LogP contribution in [0, 0.1) is 0 Å². The third-order valence-electron chi connectivity index (χ3n) is 5.42. The summed E-state index contributed by atoms with van der Waals surface area (Å²) < 4.78 is 29.4. The van der Waals surface area contributed by atoms with E-state index >= 15 is 0 Å². The quantitative estimate of drug-likeness (QED) is 0.784. The molecule has 10 heteroatoms. The van der Waals surface area contributed by atoms with Gasteiger partial charge in [-0.2, -0.15) is 9.40 Å². The molecule has 1 aromatic carbocycles. The van der Waals surface area contributed by atoms with Crippen LogP contribution in [0.3, 0.4) is 0 Å². The molecule has 1 aromatic heterocycles. The molecule has 0 aliphatic carbocycles. The Hall–Kier alpha value is -2.46. The first-order valence-electron chi connectivity index (χ1n) is 10.0. The maximum atomic E-state index is 12.6. The molecule has 0 unspecified atom stereocenters. The fourth-order valence-corrected chi connectivity index (χ4v) is 5.37. The summed E-state index contributed by atoms with van der Waals surface area (Å²) in [6, 6.07) is 6.11. The van der Waals surface area contributed by atoms with E-state index in [9.17, 15) is 18.0 Å². The average Bonchev–Trinajstić information content (AvgIpc) is 3.27. The molecule has 0 bridgehead atoms. The lowest BCUT2D eigenvalue weighted by Gasteiger charge is -2.15. The fourth-order valence-electron chi connectivity index (χ4n) is 3.85. The maximum absolute atomic E-state index is 12.6. The first kappa shape index (κ1) is 19.8. The standard InChI is InChI=1S/C19H25N5O4S/c25-18(14-24-19(26)23-13-3-1-2-6-17(23)21-24)20-15-7-9-16(10-8-15)29(27,28)22-11-4-5-12-22/h7-10H,1-6,11-14H2,(H,20,25). The van der Waals surface area contributed by atoms with Crippen LogP contribution in [0.1, 0.15) is 37.9 Å². The van der Waals surface area contributed by atoms with Gasteiger partial charge in [-0.3, -0.25) is 9.36 Å². The Bertz CT molecular complexity index is 1050. The SMILES string of the molecule is O=C(Cn1nc2n(c1=O)CCCCC2)Nc1ccc(S(=O)(=O)N2CCCC2)cc1. The Labute approximate surface area is 169 Å². The monoisotopic (exact) mass is 419 g/mol. The molecule has 0 saturated carbocycles. The Morgan fingerprint density at radius 3 is 2.41 bits per heavy atom. The van der Waals surface area contributed by atoms with Crippen molar-refractivity contribution in [1.82, 2.24) is 18.7 Å². The third kappa shape index (κ3) is 4.13. The lowest BCUT2D eigenvalue weighted by atomic mass is 10.2. The minimum absolute atomic E-state index is 0.174. The molecule has 1 N–H and O–H groups in total. The van der Waals surface area contributed by atoms with E-state index < -0.39 is 10.0 Å². The Kier molecular flexibility index (Phi) is 5.55. The summed E-state index contributed by atoms with van der Waals surface area (Å²) in [6.45, 7) is 1.56. The van der Waals surface area contributed by atoms with Crippen LogP contribution < -0.4 is 11.0 Å². The van der Waals surface area contributed by atoms with Crippen molar-refractivity contribution in [2.24, 2.45) is 0 Å². The van der Waals surface area contributed by atoms with Crippen molar-refractivity contribution >= 4 is 21.6 Å². The molecule has 2 aliphatic rings. The van der Waals surface area contributed by atoms with E-state index in [1.165, 1.54) is 21.1 Å². The van der Waals surface area contributed by atoms with E-state index in [4.69, 9.17) is 0 Å². The molecule has 1 amide bonds. The first-order valence-corrected chi connectivity index (χ1v) is 11.5. The van der Waals surface area contributed by atoms with Gasteiger partial charge < -0.3 is 5.32 Å². The molecule has 9 nitrogen and oxygen atoms in total. The molecule has 29 heavy (non-hydrogen) atoms. The van der Waals surface area contributed by atoms with Crippen LogP contribution in [0.25, 0.3) is 0 Å². The van der Waals surface area contributed by atoms with E-state index in [0.29, 0.717) is 25.3 Å². The highest BCUT2D eigenvalue weighted by Crippen LogP contribution is 2.22. The molecule has 4 rings (SSSR count). The van der Waals surface area contributed by atoms with Gasteiger partial charge in [0.1, 0.15) is 12.4 Å². The number of aromatic nitrogens is 3. The molecule has 1 fully saturated rings. The summed E-state index contributed by atoms with van der Waals surface area (Å²) in [7, 11) is -3.48. The van der Waals surface area contributed by atoms with Gasteiger partial charge in [-0.05, 0) is 49.9 Å². The highest BCUT2D eigenvalue weighted by molar-refractivity contribution is 7.89. The van der Waals surface area contributed by atoms with Gasteiger partial charge in [-0.15, -0.1) is 0 Å². The van der Waals surface area contributed by atoms with Crippen LogP contribution in [0.4, 0.5) is 5.69 Å². The molecular formula is C19H25N5O4S. The van der Waals surface area contributed by atoms with Crippen molar-refractivity contribution in [2.75, 3.05) is 18.4 Å². The number of hydrogen-bond acceptors (Lipinski definition) is 5. The predicted octanol–water partition coefficient (Wildman–Crippen LogP) is 1.19. The average molecular weight is 420 g/mol. The van der Waals surface area contributed by atoms with E-state index in [1.807, 2.05) is 0 Å². The van der Waals surface area contributed by atoms with Crippen LogP contribution in [-0.4, -0.2) is 46.1 Å². The first-order chi connectivity index (χ1) is 13.9. The van der Waals surface area contributed by atoms with Crippen LogP contribution in [0.2, 0.25) is 0 Å². The van der Waals surface area contributed by atoms with Crippen LogP contribution in [-0.2, 0) is 34.3 Å². The summed E-state index contributed by atoms with van der Waals surface area (Å²) in [5, 5.41) is 7.01. The van der Waals surface area contributed by atoms with E-state index in [2.05, 4.69) is 10.4 Å². The number of carbonyl (C=O) groups is 1. The van der Waals surface area contributed by atoms with Gasteiger partial charge in [0.2, 0.25) is 15.9 Å².